The fourth-order valence-electron chi connectivity index (χ4n) is 2.18. The van der Waals surface area contributed by atoms with Gasteiger partial charge in [0, 0.05) is 29.3 Å². The van der Waals surface area contributed by atoms with Crippen molar-refractivity contribution in [2.75, 3.05) is 18.0 Å². The molecule has 0 amide bonds. The number of nitrogens with zero attached hydrogens (tertiary/aromatic N) is 1. The number of halogens is 1. The molecule has 0 aromatic heterocycles. The van der Waals surface area contributed by atoms with Gasteiger partial charge in [-0.25, -0.2) is 0 Å². The number of anilines is 1. The number of hydrogen-bond donors (Lipinski definition) is 1. The molecule has 0 aliphatic carbocycles. The molecule has 1 aromatic carbocycles. The summed E-state index contributed by atoms with van der Waals surface area (Å²) in [5, 5.41) is 3.42. The summed E-state index contributed by atoms with van der Waals surface area (Å²) in [7, 11) is 0. The second kappa shape index (κ2) is 7.80. The molecule has 0 aliphatic heterocycles. The molecule has 18 heavy (non-hydrogen) atoms. The molecule has 1 rings (SSSR count). The number of nitrogens with one attached hydrogen (secondary N) is 1. The van der Waals surface area contributed by atoms with Crippen LogP contribution in [0.3, 0.4) is 0 Å². The molecule has 0 radical (unpaired) electrons. The van der Waals surface area contributed by atoms with Crippen molar-refractivity contribution in [3.8, 4) is 0 Å². The van der Waals surface area contributed by atoms with Crippen LogP contribution in [0.4, 0.5) is 5.69 Å². The van der Waals surface area contributed by atoms with Gasteiger partial charge in [-0.1, -0.05) is 29.8 Å². The van der Waals surface area contributed by atoms with Gasteiger partial charge in [0.05, 0.1) is 0 Å². The maximum absolute atomic E-state index is 3.57. The van der Waals surface area contributed by atoms with E-state index in [4.69, 9.17) is 0 Å². The number of hydrogen-bond acceptors (Lipinski definition) is 2. The van der Waals surface area contributed by atoms with Crippen LogP contribution in [-0.2, 0) is 6.54 Å². The van der Waals surface area contributed by atoms with Gasteiger partial charge >= 0.3 is 0 Å². The van der Waals surface area contributed by atoms with Gasteiger partial charge in [0.2, 0.25) is 0 Å². The van der Waals surface area contributed by atoms with Gasteiger partial charge < -0.3 is 10.2 Å². The van der Waals surface area contributed by atoms with Crippen LogP contribution in [0.15, 0.2) is 22.7 Å². The van der Waals surface area contributed by atoms with Crippen molar-refractivity contribution >= 4 is 21.6 Å². The van der Waals surface area contributed by atoms with Gasteiger partial charge in [-0.3, -0.25) is 0 Å². The van der Waals surface area contributed by atoms with Gasteiger partial charge in [0.15, 0.2) is 0 Å². The van der Waals surface area contributed by atoms with Gasteiger partial charge in [-0.05, 0) is 50.6 Å². The molecule has 0 bridgehead atoms. The zero-order valence-electron chi connectivity index (χ0n) is 12.0. The lowest BCUT2D eigenvalue weighted by Crippen LogP contribution is -2.33. The predicted molar refractivity (Wildman–Crippen MR) is 84.3 cm³/mol. The zero-order valence-corrected chi connectivity index (χ0v) is 13.5. The van der Waals surface area contributed by atoms with Crippen molar-refractivity contribution < 1.29 is 0 Å². The van der Waals surface area contributed by atoms with Crippen LogP contribution >= 0.6 is 15.9 Å². The molecule has 3 heteroatoms. The highest BCUT2D eigenvalue weighted by Gasteiger charge is 2.14. The molecule has 0 fully saturated rings. The van der Waals surface area contributed by atoms with E-state index in [-0.39, 0.29) is 0 Å². The highest BCUT2D eigenvalue weighted by atomic mass is 79.9. The summed E-state index contributed by atoms with van der Waals surface area (Å²) < 4.78 is 1.15. The summed E-state index contributed by atoms with van der Waals surface area (Å²) >= 11 is 3.57. The van der Waals surface area contributed by atoms with Crippen LogP contribution in [-0.4, -0.2) is 19.1 Å². The topological polar surface area (TPSA) is 15.3 Å². The molecule has 0 spiro atoms. The predicted octanol–water partition coefficient (Wildman–Crippen LogP) is 4.18. The van der Waals surface area contributed by atoms with Crippen molar-refractivity contribution in [3.05, 3.63) is 28.2 Å². The van der Waals surface area contributed by atoms with E-state index < -0.39 is 0 Å². The fraction of sp³-hybridized carbons (Fsp3) is 0.600. The first kappa shape index (κ1) is 15.5. The molecular weight excluding hydrogens is 288 g/mol. The monoisotopic (exact) mass is 312 g/mol. The molecular formula is C15H25BrN2. The lowest BCUT2D eigenvalue weighted by Gasteiger charge is -2.31. The average Bonchev–Trinajstić information content (AvgIpc) is 2.38. The molecule has 1 aromatic rings. The minimum Gasteiger partial charge on any atom is -0.369 e. The Balaban J connectivity index is 3.04. The number of rotatable bonds is 7. The van der Waals surface area contributed by atoms with Gasteiger partial charge in [-0.2, -0.15) is 0 Å². The Hall–Kier alpha value is -0.540. The normalized spacial score (nSPS) is 12.5. The second-order valence-corrected chi connectivity index (χ2v) is 5.51. The van der Waals surface area contributed by atoms with Crippen LogP contribution in [0.2, 0.25) is 0 Å². The molecule has 0 aliphatic rings. The molecule has 1 unspecified atom stereocenters. The Morgan fingerprint density at radius 1 is 1.28 bits per heavy atom. The molecule has 2 nitrogen and oxygen atoms in total. The van der Waals surface area contributed by atoms with E-state index in [1.54, 1.807) is 0 Å². The highest BCUT2D eigenvalue weighted by molar-refractivity contribution is 9.10. The quantitative estimate of drug-likeness (QED) is 0.812. The first-order chi connectivity index (χ1) is 8.63. The average molecular weight is 313 g/mol. The molecule has 0 saturated carbocycles. The van der Waals surface area contributed by atoms with Crippen molar-refractivity contribution in [2.45, 2.75) is 46.7 Å². The minimum absolute atomic E-state index is 0.580. The molecule has 1 atom stereocenters. The van der Waals surface area contributed by atoms with Crippen molar-refractivity contribution in [1.82, 2.24) is 5.32 Å². The summed E-state index contributed by atoms with van der Waals surface area (Å²) in [5.41, 5.74) is 2.73. The summed E-state index contributed by atoms with van der Waals surface area (Å²) in [6.45, 7) is 11.9. The Morgan fingerprint density at radius 2 is 2.00 bits per heavy atom. The highest BCUT2D eigenvalue weighted by Crippen LogP contribution is 2.26. The Morgan fingerprint density at radius 3 is 2.56 bits per heavy atom. The first-order valence-corrected chi connectivity index (χ1v) is 7.69. The lowest BCUT2D eigenvalue weighted by atomic mass is 10.1. The van der Waals surface area contributed by atoms with E-state index in [1.165, 1.54) is 17.7 Å². The Labute approximate surface area is 120 Å². The van der Waals surface area contributed by atoms with E-state index >= 15 is 0 Å². The summed E-state index contributed by atoms with van der Waals surface area (Å²) in [6, 6.07) is 7.17. The third-order valence-corrected chi connectivity index (χ3v) is 3.87. The minimum atomic E-state index is 0.580. The molecule has 102 valence electrons. The van der Waals surface area contributed by atoms with E-state index in [2.05, 4.69) is 72.0 Å². The van der Waals surface area contributed by atoms with E-state index in [0.717, 1.165) is 24.1 Å². The zero-order chi connectivity index (χ0) is 13.5. The lowest BCUT2D eigenvalue weighted by molar-refractivity contribution is 0.623. The Bertz CT molecular complexity index is 366. The van der Waals surface area contributed by atoms with E-state index in [9.17, 15) is 0 Å². The van der Waals surface area contributed by atoms with Crippen LogP contribution in [0, 0.1) is 0 Å². The maximum Gasteiger partial charge on any atom is 0.0414 e. The van der Waals surface area contributed by atoms with Crippen molar-refractivity contribution in [1.29, 1.82) is 0 Å². The second-order valence-electron chi connectivity index (χ2n) is 4.60. The standard InChI is InChI=1S/C15H25BrN2/c1-5-12(4)18(7-3)15-9-8-14(16)10-13(15)11-17-6-2/h8-10,12,17H,5-7,11H2,1-4H3. The summed E-state index contributed by atoms with van der Waals surface area (Å²) in [4.78, 5) is 2.49. The van der Waals surface area contributed by atoms with E-state index in [1.807, 2.05) is 0 Å². The maximum atomic E-state index is 3.57. The van der Waals surface area contributed by atoms with Crippen LogP contribution in [0.5, 0.6) is 0 Å². The molecule has 1 N–H and O–H groups in total. The number of benzene rings is 1. The fourth-order valence-corrected chi connectivity index (χ4v) is 2.58. The van der Waals surface area contributed by atoms with Crippen LogP contribution in [0.1, 0.15) is 39.7 Å². The third kappa shape index (κ3) is 3.99. The SMILES string of the molecule is CCNCc1cc(Br)ccc1N(CC)C(C)CC. The molecule has 0 saturated heterocycles. The van der Waals surface area contributed by atoms with Crippen LogP contribution < -0.4 is 10.2 Å². The first-order valence-electron chi connectivity index (χ1n) is 6.89. The summed E-state index contributed by atoms with van der Waals surface area (Å²) in [6.07, 6.45) is 1.17. The van der Waals surface area contributed by atoms with Crippen molar-refractivity contribution in [2.24, 2.45) is 0 Å². The Kier molecular flexibility index (Phi) is 6.72. The molecule has 0 heterocycles. The van der Waals surface area contributed by atoms with Gasteiger partial charge in [0.1, 0.15) is 0 Å². The van der Waals surface area contributed by atoms with Gasteiger partial charge in [-0.15, -0.1) is 0 Å². The largest absolute Gasteiger partial charge is 0.369 e. The third-order valence-electron chi connectivity index (χ3n) is 3.38. The van der Waals surface area contributed by atoms with E-state index in [0.29, 0.717) is 6.04 Å². The summed E-state index contributed by atoms with van der Waals surface area (Å²) in [5.74, 6) is 0. The van der Waals surface area contributed by atoms with Crippen LogP contribution in [0.25, 0.3) is 0 Å². The van der Waals surface area contributed by atoms with Crippen molar-refractivity contribution in [3.63, 3.8) is 0 Å². The van der Waals surface area contributed by atoms with Gasteiger partial charge in [0.25, 0.3) is 0 Å². The smallest absolute Gasteiger partial charge is 0.0414 e.